The summed E-state index contributed by atoms with van der Waals surface area (Å²) >= 11 is 0. The van der Waals surface area contributed by atoms with E-state index in [1.54, 1.807) is 6.08 Å². The highest BCUT2D eigenvalue weighted by Gasteiger charge is 2.39. The van der Waals surface area contributed by atoms with Crippen LogP contribution in [-0.2, 0) is 12.4 Å². The summed E-state index contributed by atoms with van der Waals surface area (Å²) in [7, 11) is 0. The maximum atomic E-state index is 13.4. The Morgan fingerprint density at radius 2 is 1.60 bits per heavy atom. The zero-order chi connectivity index (χ0) is 18.4. The molecule has 2 N–H and O–H groups in total. The van der Waals surface area contributed by atoms with Gasteiger partial charge in [0.25, 0.3) is 0 Å². The van der Waals surface area contributed by atoms with Crippen molar-refractivity contribution in [2.45, 2.75) is 31.6 Å². The molecule has 1 heterocycles. The second-order valence-corrected chi connectivity index (χ2v) is 5.92. The predicted octanol–water partition coefficient (Wildman–Crippen LogP) is 4.85. The molecule has 25 heavy (non-hydrogen) atoms. The molecule has 0 spiro atoms. The molecule has 2 nitrogen and oxygen atoms in total. The molecule has 1 aliphatic carbocycles. The molecule has 0 radical (unpaired) electrons. The molecule has 134 valence electrons. The van der Waals surface area contributed by atoms with Crippen molar-refractivity contribution in [1.82, 2.24) is 0 Å². The van der Waals surface area contributed by atoms with E-state index < -0.39 is 23.5 Å². The summed E-state index contributed by atoms with van der Waals surface area (Å²) < 4.78 is 78.7. The molecule has 1 aromatic rings. The number of allylic oxidation sites excluding steroid dienone is 2. The second kappa shape index (κ2) is 5.93. The zero-order valence-electron chi connectivity index (χ0n) is 12.9. The topological polar surface area (TPSA) is 38.4 Å². The van der Waals surface area contributed by atoms with Crippen molar-refractivity contribution in [2.24, 2.45) is 10.7 Å². The Labute approximate surface area is 139 Å². The van der Waals surface area contributed by atoms with E-state index in [2.05, 4.69) is 4.99 Å². The van der Waals surface area contributed by atoms with Crippen molar-refractivity contribution in [3.05, 3.63) is 57.8 Å². The third kappa shape index (κ3) is 3.29. The Morgan fingerprint density at radius 1 is 0.920 bits per heavy atom. The highest BCUT2D eigenvalue weighted by molar-refractivity contribution is 6.15. The number of nitrogens with two attached hydrogens (primary N) is 1. The number of aliphatic imine (C=N–C) groups is 1. The third-order valence-corrected chi connectivity index (χ3v) is 4.32. The second-order valence-electron chi connectivity index (χ2n) is 5.92. The van der Waals surface area contributed by atoms with Gasteiger partial charge < -0.3 is 5.73 Å². The number of alkyl halides is 6. The standard InChI is InChI=1S/C17H14F6N2/c18-16(19,20)9-4-5-12(13(8-9)17(21,22)23)15-11-3-1-2-10(11)14(24)6-7-25-15/h4-6,8H,1-3,7,24H2. The van der Waals surface area contributed by atoms with Crippen molar-refractivity contribution in [1.29, 1.82) is 0 Å². The molecule has 0 aromatic heterocycles. The van der Waals surface area contributed by atoms with E-state index in [-0.39, 0.29) is 23.9 Å². The maximum absolute atomic E-state index is 13.4. The minimum absolute atomic E-state index is 0.0882. The van der Waals surface area contributed by atoms with Crippen molar-refractivity contribution in [3.8, 4) is 0 Å². The number of hydrogen-bond donors (Lipinski definition) is 1. The lowest BCUT2D eigenvalue weighted by atomic mass is 9.93. The van der Waals surface area contributed by atoms with E-state index in [0.717, 1.165) is 18.1 Å². The van der Waals surface area contributed by atoms with E-state index in [0.29, 0.717) is 30.2 Å². The molecule has 0 fully saturated rings. The number of nitrogens with zero attached hydrogens (tertiary/aromatic N) is 1. The fourth-order valence-corrected chi connectivity index (χ4v) is 3.19. The predicted molar refractivity (Wildman–Crippen MR) is 81.0 cm³/mol. The van der Waals surface area contributed by atoms with Crippen LogP contribution in [0.3, 0.4) is 0 Å². The van der Waals surface area contributed by atoms with Gasteiger partial charge in [-0.3, -0.25) is 4.99 Å². The van der Waals surface area contributed by atoms with Gasteiger partial charge >= 0.3 is 12.4 Å². The average molecular weight is 360 g/mol. The molecule has 2 aliphatic rings. The summed E-state index contributed by atoms with van der Waals surface area (Å²) in [6.07, 6.45) is -6.32. The third-order valence-electron chi connectivity index (χ3n) is 4.32. The van der Waals surface area contributed by atoms with Crippen LogP contribution in [0.5, 0.6) is 0 Å². The first-order valence-electron chi connectivity index (χ1n) is 7.60. The zero-order valence-corrected chi connectivity index (χ0v) is 12.9. The molecule has 0 saturated heterocycles. The van der Waals surface area contributed by atoms with Crippen molar-refractivity contribution in [2.75, 3.05) is 6.54 Å². The fourth-order valence-electron chi connectivity index (χ4n) is 3.19. The first kappa shape index (κ1) is 17.6. The van der Waals surface area contributed by atoms with Gasteiger partial charge in [-0.25, -0.2) is 0 Å². The SMILES string of the molecule is NC1=CCN=C(c2ccc(C(F)(F)F)cc2C(F)(F)F)C2=C1CCC2. The van der Waals surface area contributed by atoms with Crippen LogP contribution in [0.4, 0.5) is 26.3 Å². The van der Waals surface area contributed by atoms with Crippen molar-refractivity contribution >= 4 is 5.71 Å². The van der Waals surface area contributed by atoms with Gasteiger partial charge in [-0.2, -0.15) is 26.3 Å². The van der Waals surface area contributed by atoms with Crippen LogP contribution in [0.15, 0.2) is 46.1 Å². The molecule has 8 heteroatoms. The summed E-state index contributed by atoms with van der Waals surface area (Å²) in [4.78, 5) is 4.17. The van der Waals surface area contributed by atoms with Crippen LogP contribution >= 0.6 is 0 Å². The van der Waals surface area contributed by atoms with Crippen molar-refractivity contribution in [3.63, 3.8) is 0 Å². The Bertz CT molecular complexity index is 796. The number of halogens is 6. The monoisotopic (exact) mass is 360 g/mol. The lowest BCUT2D eigenvalue weighted by Crippen LogP contribution is -2.18. The Hall–Kier alpha value is -2.25. The normalized spacial score (nSPS) is 18.6. The molecular formula is C17H14F6N2. The summed E-state index contributed by atoms with van der Waals surface area (Å²) in [5.74, 6) is 0. The van der Waals surface area contributed by atoms with Gasteiger partial charge in [0.2, 0.25) is 0 Å². The summed E-state index contributed by atoms with van der Waals surface area (Å²) in [5.41, 5.74) is 4.82. The largest absolute Gasteiger partial charge is 0.417 e. The summed E-state index contributed by atoms with van der Waals surface area (Å²) in [6, 6.07) is 1.66. The number of rotatable bonds is 1. The van der Waals surface area contributed by atoms with E-state index in [9.17, 15) is 26.3 Å². The van der Waals surface area contributed by atoms with Gasteiger partial charge in [-0.15, -0.1) is 0 Å². The molecule has 3 rings (SSSR count). The van der Waals surface area contributed by atoms with E-state index >= 15 is 0 Å². The highest BCUT2D eigenvalue weighted by Crippen LogP contribution is 2.40. The van der Waals surface area contributed by atoms with E-state index in [1.807, 2.05) is 0 Å². The van der Waals surface area contributed by atoms with Gasteiger partial charge in [-0.1, -0.05) is 6.07 Å². The fraction of sp³-hybridized carbons (Fsp3) is 0.353. The minimum atomic E-state index is -4.93. The molecule has 0 amide bonds. The van der Waals surface area contributed by atoms with Crippen LogP contribution in [0, 0.1) is 0 Å². The van der Waals surface area contributed by atoms with Crippen LogP contribution in [0.25, 0.3) is 0 Å². The Balaban J connectivity index is 2.19. The molecular weight excluding hydrogens is 346 g/mol. The minimum Gasteiger partial charge on any atom is -0.399 e. The van der Waals surface area contributed by atoms with Crippen LogP contribution < -0.4 is 5.73 Å². The molecule has 1 aliphatic heterocycles. The first-order valence-corrected chi connectivity index (χ1v) is 7.60. The van der Waals surface area contributed by atoms with Gasteiger partial charge in [0.05, 0.1) is 23.4 Å². The highest BCUT2D eigenvalue weighted by atomic mass is 19.4. The lowest BCUT2D eigenvalue weighted by Gasteiger charge is -2.18. The maximum Gasteiger partial charge on any atom is 0.417 e. The van der Waals surface area contributed by atoms with E-state index in [1.165, 1.54) is 0 Å². The van der Waals surface area contributed by atoms with Gasteiger partial charge in [0, 0.05) is 11.3 Å². The van der Waals surface area contributed by atoms with Gasteiger partial charge in [0.1, 0.15) is 0 Å². The molecule has 0 bridgehead atoms. The molecule has 0 unspecified atom stereocenters. The van der Waals surface area contributed by atoms with E-state index in [4.69, 9.17) is 5.73 Å². The van der Waals surface area contributed by atoms with Crippen LogP contribution in [0.1, 0.15) is 36.0 Å². The van der Waals surface area contributed by atoms with Gasteiger partial charge in [-0.05, 0) is 48.6 Å². The number of hydrogen-bond acceptors (Lipinski definition) is 2. The van der Waals surface area contributed by atoms with Crippen LogP contribution in [0.2, 0.25) is 0 Å². The Kier molecular flexibility index (Phi) is 4.17. The molecule has 0 saturated carbocycles. The first-order chi connectivity index (χ1) is 11.6. The Morgan fingerprint density at radius 3 is 2.24 bits per heavy atom. The smallest absolute Gasteiger partial charge is 0.399 e. The molecule has 0 atom stereocenters. The van der Waals surface area contributed by atoms with Gasteiger partial charge in [0.15, 0.2) is 0 Å². The summed E-state index contributed by atoms with van der Waals surface area (Å²) in [6.45, 7) is 0.0898. The lowest BCUT2D eigenvalue weighted by molar-refractivity contribution is -0.143. The molecule has 1 aromatic carbocycles. The van der Waals surface area contributed by atoms with Crippen molar-refractivity contribution < 1.29 is 26.3 Å². The quantitative estimate of drug-likeness (QED) is 0.715. The average Bonchev–Trinajstić information content (AvgIpc) is 2.93. The van der Waals surface area contributed by atoms with Crippen LogP contribution in [-0.4, -0.2) is 12.3 Å². The number of benzene rings is 1. The summed E-state index contributed by atoms with van der Waals surface area (Å²) in [5, 5.41) is 0.